The molecule has 0 aliphatic carbocycles. The molecule has 1 fully saturated rings. The van der Waals surface area contributed by atoms with Crippen LogP contribution in [0, 0.1) is 6.92 Å². The highest BCUT2D eigenvalue weighted by molar-refractivity contribution is 5.69. The Morgan fingerprint density at radius 2 is 1.76 bits per heavy atom. The van der Waals surface area contributed by atoms with Gasteiger partial charge in [0.1, 0.15) is 0 Å². The molecule has 1 aromatic rings. The molecule has 0 bridgehead atoms. The number of ether oxygens (including phenoxy) is 1. The van der Waals surface area contributed by atoms with Crippen LogP contribution in [0.5, 0.6) is 0 Å². The fourth-order valence-electron chi connectivity index (χ4n) is 2.91. The third kappa shape index (κ3) is 3.69. The Kier molecular flexibility index (Phi) is 5.10. The zero-order chi connectivity index (χ0) is 15.4. The maximum atomic E-state index is 12.2. The molecule has 1 aliphatic rings. The SMILES string of the molecule is CCCOC(=O)N1C(C)CN(c2ccc(C)cc2)CC1C. The number of nitrogens with zero attached hydrogens (tertiary/aromatic N) is 2. The predicted molar refractivity (Wildman–Crippen MR) is 85.8 cm³/mol. The molecule has 21 heavy (non-hydrogen) atoms. The van der Waals surface area contributed by atoms with E-state index in [0.717, 1.165) is 19.5 Å². The lowest BCUT2D eigenvalue weighted by atomic mass is 10.1. The number of aryl methyl sites for hydroxylation is 1. The van der Waals surface area contributed by atoms with Gasteiger partial charge in [0.25, 0.3) is 0 Å². The van der Waals surface area contributed by atoms with Crippen molar-refractivity contribution in [1.29, 1.82) is 0 Å². The molecule has 0 radical (unpaired) electrons. The third-order valence-corrected chi connectivity index (χ3v) is 3.96. The Morgan fingerprint density at radius 3 is 2.29 bits per heavy atom. The molecule has 2 unspecified atom stereocenters. The maximum Gasteiger partial charge on any atom is 0.410 e. The monoisotopic (exact) mass is 290 g/mol. The minimum Gasteiger partial charge on any atom is -0.449 e. The van der Waals surface area contributed by atoms with Gasteiger partial charge in [0.15, 0.2) is 0 Å². The minimum absolute atomic E-state index is 0.152. The van der Waals surface area contributed by atoms with Gasteiger partial charge in [-0.15, -0.1) is 0 Å². The molecule has 2 rings (SSSR count). The first-order valence-electron chi connectivity index (χ1n) is 7.79. The molecular formula is C17H26N2O2. The van der Waals surface area contributed by atoms with E-state index in [-0.39, 0.29) is 18.2 Å². The number of rotatable bonds is 3. The molecule has 116 valence electrons. The lowest BCUT2D eigenvalue weighted by Crippen LogP contribution is -2.58. The van der Waals surface area contributed by atoms with E-state index in [9.17, 15) is 4.79 Å². The molecule has 1 heterocycles. The van der Waals surface area contributed by atoms with E-state index in [1.165, 1.54) is 11.3 Å². The van der Waals surface area contributed by atoms with Crippen LogP contribution in [0.25, 0.3) is 0 Å². The second kappa shape index (κ2) is 6.83. The van der Waals surface area contributed by atoms with Crippen LogP contribution in [0.3, 0.4) is 0 Å². The topological polar surface area (TPSA) is 32.8 Å². The molecule has 1 saturated heterocycles. The summed E-state index contributed by atoms with van der Waals surface area (Å²) >= 11 is 0. The smallest absolute Gasteiger partial charge is 0.410 e. The van der Waals surface area contributed by atoms with Crippen molar-refractivity contribution in [2.75, 3.05) is 24.6 Å². The maximum absolute atomic E-state index is 12.2. The molecule has 4 heteroatoms. The first-order chi connectivity index (χ1) is 10.0. The number of hydrogen-bond donors (Lipinski definition) is 0. The first kappa shape index (κ1) is 15.7. The van der Waals surface area contributed by atoms with Crippen molar-refractivity contribution < 1.29 is 9.53 Å². The van der Waals surface area contributed by atoms with Crippen molar-refractivity contribution in [2.45, 2.75) is 46.2 Å². The number of anilines is 1. The van der Waals surface area contributed by atoms with Crippen LogP contribution >= 0.6 is 0 Å². The average Bonchev–Trinajstić information content (AvgIpc) is 2.45. The second-order valence-corrected chi connectivity index (χ2v) is 5.96. The summed E-state index contributed by atoms with van der Waals surface area (Å²) in [4.78, 5) is 16.4. The van der Waals surface area contributed by atoms with Crippen molar-refractivity contribution in [3.63, 3.8) is 0 Å². The van der Waals surface area contributed by atoms with Gasteiger partial charge in [0.2, 0.25) is 0 Å². The molecule has 4 nitrogen and oxygen atoms in total. The number of carbonyl (C=O) groups is 1. The number of amides is 1. The summed E-state index contributed by atoms with van der Waals surface area (Å²) in [7, 11) is 0. The molecule has 0 saturated carbocycles. The van der Waals surface area contributed by atoms with Gasteiger partial charge in [-0.25, -0.2) is 4.79 Å². The fourth-order valence-corrected chi connectivity index (χ4v) is 2.91. The molecular weight excluding hydrogens is 264 g/mol. The van der Waals surface area contributed by atoms with Crippen LogP contribution in [0.4, 0.5) is 10.5 Å². The van der Waals surface area contributed by atoms with E-state index >= 15 is 0 Å². The summed E-state index contributed by atoms with van der Waals surface area (Å²) in [5.74, 6) is 0. The van der Waals surface area contributed by atoms with Gasteiger partial charge >= 0.3 is 6.09 Å². The van der Waals surface area contributed by atoms with Gasteiger partial charge in [-0.3, -0.25) is 4.90 Å². The summed E-state index contributed by atoms with van der Waals surface area (Å²) in [6.07, 6.45) is 0.679. The Labute approximate surface area is 127 Å². The van der Waals surface area contributed by atoms with Gasteiger partial charge in [-0.1, -0.05) is 24.6 Å². The van der Waals surface area contributed by atoms with Crippen LogP contribution in [0.2, 0.25) is 0 Å². The molecule has 1 amide bonds. The summed E-state index contributed by atoms with van der Waals surface area (Å²) in [5.41, 5.74) is 2.49. The average molecular weight is 290 g/mol. The normalized spacial score (nSPS) is 22.3. The van der Waals surface area contributed by atoms with Crippen LogP contribution in [-0.4, -0.2) is 42.8 Å². The van der Waals surface area contributed by atoms with E-state index in [0.29, 0.717) is 6.61 Å². The van der Waals surface area contributed by atoms with E-state index in [4.69, 9.17) is 4.74 Å². The third-order valence-electron chi connectivity index (χ3n) is 3.96. The first-order valence-corrected chi connectivity index (χ1v) is 7.79. The number of carbonyl (C=O) groups excluding carboxylic acids is 1. The van der Waals surface area contributed by atoms with Crippen molar-refractivity contribution >= 4 is 11.8 Å². The lowest BCUT2D eigenvalue weighted by molar-refractivity contribution is 0.0663. The standard InChI is InChI=1S/C17H26N2O2/c1-5-10-21-17(20)19-14(3)11-18(12-15(19)4)16-8-6-13(2)7-9-16/h6-9,14-15H,5,10-12H2,1-4H3. The van der Waals surface area contributed by atoms with E-state index in [1.54, 1.807) is 0 Å². The van der Waals surface area contributed by atoms with Gasteiger partial charge in [0.05, 0.1) is 18.7 Å². The Hall–Kier alpha value is -1.71. The quantitative estimate of drug-likeness (QED) is 0.855. The highest BCUT2D eigenvalue weighted by Crippen LogP contribution is 2.23. The number of benzene rings is 1. The highest BCUT2D eigenvalue weighted by Gasteiger charge is 2.33. The van der Waals surface area contributed by atoms with Crippen molar-refractivity contribution in [2.24, 2.45) is 0 Å². The van der Waals surface area contributed by atoms with E-state index < -0.39 is 0 Å². The van der Waals surface area contributed by atoms with Gasteiger partial charge in [-0.05, 0) is 39.3 Å². The fraction of sp³-hybridized carbons (Fsp3) is 0.588. The number of hydrogen-bond acceptors (Lipinski definition) is 3. The molecule has 1 aromatic carbocycles. The molecule has 0 spiro atoms. The lowest BCUT2D eigenvalue weighted by Gasteiger charge is -2.44. The summed E-state index contributed by atoms with van der Waals surface area (Å²) < 4.78 is 5.30. The van der Waals surface area contributed by atoms with Crippen LogP contribution in [-0.2, 0) is 4.74 Å². The van der Waals surface area contributed by atoms with Gasteiger partial charge in [-0.2, -0.15) is 0 Å². The number of piperazine rings is 1. The zero-order valence-electron chi connectivity index (χ0n) is 13.5. The zero-order valence-corrected chi connectivity index (χ0v) is 13.5. The Balaban J connectivity index is 2.04. The van der Waals surface area contributed by atoms with Crippen LogP contribution in [0.1, 0.15) is 32.8 Å². The molecule has 2 atom stereocenters. The van der Waals surface area contributed by atoms with Crippen molar-refractivity contribution in [3.8, 4) is 0 Å². The van der Waals surface area contributed by atoms with Crippen LogP contribution < -0.4 is 4.90 Å². The van der Waals surface area contributed by atoms with E-state index in [2.05, 4.69) is 49.9 Å². The van der Waals surface area contributed by atoms with Crippen LogP contribution in [0.15, 0.2) is 24.3 Å². The molecule has 0 N–H and O–H groups in total. The Morgan fingerprint density at radius 1 is 1.19 bits per heavy atom. The minimum atomic E-state index is -0.180. The van der Waals surface area contributed by atoms with Gasteiger partial charge in [0, 0.05) is 18.8 Å². The largest absolute Gasteiger partial charge is 0.449 e. The summed E-state index contributed by atoms with van der Waals surface area (Å²) in [6, 6.07) is 8.87. The van der Waals surface area contributed by atoms with Crippen molar-refractivity contribution in [3.05, 3.63) is 29.8 Å². The predicted octanol–water partition coefficient (Wildman–Crippen LogP) is 3.44. The highest BCUT2D eigenvalue weighted by atomic mass is 16.6. The molecule has 1 aliphatic heterocycles. The van der Waals surface area contributed by atoms with Crippen molar-refractivity contribution in [1.82, 2.24) is 4.90 Å². The summed E-state index contributed by atoms with van der Waals surface area (Å²) in [5, 5.41) is 0. The van der Waals surface area contributed by atoms with Gasteiger partial charge < -0.3 is 9.64 Å². The Bertz CT molecular complexity index is 460. The molecule has 0 aromatic heterocycles. The summed E-state index contributed by atoms with van der Waals surface area (Å²) in [6.45, 7) is 10.5. The van der Waals surface area contributed by atoms with E-state index in [1.807, 2.05) is 11.8 Å². The second-order valence-electron chi connectivity index (χ2n) is 5.96.